The Labute approximate surface area is 148 Å². The average Bonchev–Trinajstić information content (AvgIpc) is 2.41. The zero-order valence-electron chi connectivity index (χ0n) is 15.6. The van der Waals surface area contributed by atoms with Gasteiger partial charge in [-0.1, -0.05) is 18.2 Å². The Balaban J connectivity index is 3.38. The Bertz CT molecular complexity index is 756. The quantitative estimate of drug-likeness (QED) is 0.740. The average molecular weight is 371 g/mol. The summed E-state index contributed by atoms with van der Waals surface area (Å²) in [6.45, 7) is 10.9. The van der Waals surface area contributed by atoms with Crippen molar-refractivity contribution in [2.75, 3.05) is 0 Å². The molecule has 0 saturated carbocycles. The van der Waals surface area contributed by atoms with Crippen LogP contribution >= 0.6 is 0 Å². The number of nitrogens with zero attached hydrogens (tertiary/aromatic N) is 1. The lowest BCUT2D eigenvalue weighted by atomic mass is 9.98. The standard InChI is InChI=1S/C17H25NO6S/c1-12-10-8-9-11-13(12)25(21,22)18(15(20)23-17(5,6)7)24-14(19)16(2,3)4/h8-11H,1-7H3. The summed E-state index contributed by atoms with van der Waals surface area (Å²) in [6, 6.07) is 6.07. The van der Waals surface area contributed by atoms with Crippen molar-refractivity contribution in [3.05, 3.63) is 29.8 Å². The molecule has 1 aromatic carbocycles. The van der Waals surface area contributed by atoms with E-state index in [2.05, 4.69) is 0 Å². The Morgan fingerprint density at radius 2 is 1.52 bits per heavy atom. The van der Waals surface area contributed by atoms with Crippen LogP contribution in [-0.4, -0.2) is 30.5 Å². The van der Waals surface area contributed by atoms with Crippen LogP contribution in [0.4, 0.5) is 4.79 Å². The molecule has 0 heterocycles. The van der Waals surface area contributed by atoms with E-state index in [1.54, 1.807) is 60.6 Å². The van der Waals surface area contributed by atoms with Crippen LogP contribution in [0.2, 0.25) is 0 Å². The molecule has 1 aromatic rings. The topological polar surface area (TPSA) is 90.0 Å². The summed E-state index contributed by atoms with van der Waals surface area (Å²) in [5.41, 5.74) is -1.57. The third kappa shape index (κ3) is 5.45. The minimum Gasteiger partial charge on any atom is -0.441 e. The third-order valence-corrected chi connectivity index (χ3v) is 4.58. The SMILES string of the molecule is Cc1ccccc1S(=O)(=O)N(OC(=O)C(C)(C)C)C(=O)OC(C)(C)C. The molecule has 1 amide bonds. The Hall–Kier alpha value is -2.09. The van der Waals surface area contributed by atoms with Gasteiger partial charge in [0.15, 0.2) is 0 Å². The van der Waals surface area contributed by atoms with Gasteiger partial charge < -0.3 is 9.57 Å². The lowest BCUT2D eigenvalue weighted by molar-refractivity contribution is -0.176. The predicted octanol–water partition coefficient (Wildman–Crippen LogP) is 3.43. The number of hydrogen-bond donors (Lipinski definition) is 0. The molecule has 0 radical (unpaired) electrons. The predicted molar refractivity (Wildman–Crippen MR) is 92.0 cm³/mol. The van der Waals surface area contributed by atoms with Gasteiger partial charge in [-0.3, -0.25) is 0 Å². The summed E-state index contributed by atoms with van der Waals surface area (Å²) < 4.78 is 30.9. The van der Waals surface area contributed by atoms with Crippen molar-refractivity contribution in [2.45, 2.75) is 59.0 Å². The summed E-state index contributed by atoms with van der Waals surface area (Å²) in [6.07, 6.45) is -1.28. The van der Waals surface area contributed by atoms with E-state index < -0.39 is 33.1 Å². The van der Waals surface area contributed by atoms with Crippen LogP contribution in [0.3, 0.4) is 0 Å². The Morgan fingerprint density at radius 3 is 1.96 bits per heavy atom. The van der Waals surface area contributed by atoms with Gasteiger partial charge in [0, 0.05) is 0 Å². The molecule has 0 unspecified atom stereocenters. The molecule has 0 N–H and O–H groups in total. The highest BCUT2D eigenvalue weighted by atomic mass is 32.2. The molecule has 0 saturated heterocycles. The van der Waals surface area contributed by atoms with E-state index in [0.717, 1.165) is 0 Å². The van der Waals surface area contributed by atoms with Crippen molar-refractivity contribution >= 4 is 22.1 Å². The van der Waals surface area contributed by atoms with E-state index in [1.807, 2.05) is 0 Å². The first-order valence-corrected chi connectivity index (χ1v) is 9.16. The number of carbonyl (C=O) groups excluding carboxylic acids is 2. The van der Waals surface area contributed by atoms with Crippen LogP contribution in [-0.2, 0) is 24.4 Å². The van der Waals surface area contributed by atoms with E-state index in [0.29, 0.717) is 5.56 Å². The zero-order valence-corrected chi connectivity index (χ0v) is 16.4. The first kappa shape index (κ1) is 21.0. The fourth-order valence-electron chi connectivity index (χ4n) is 1.63. The normalized spacial score (nSPS) is 12.4. The molecule has 0 bridgehead atoms. The largest absolute Gasteiger partial charge is 0.459 e. The number of sulfonamides is 1. The number of hydroxylamine groups is 1. The maximum atomic E-state index is 12.9. The summed E-state index contributed by atoms with van der Waals surface area (Å²) >= 11 is 0. The van der Waals surface area contributed by atoms with Crippen molar-refractivity contribution in [2.24, 2.45) is 5.41 Å². The maximum absolute atomic E-state index is 12.9. The highest BCUT2D eigenvalue weighted by molar-refractivity contribution is 7.89. The van der Waals surface area contributed by atoms with E-state index in [-0.39, 0.29) is 9.36 Å². The van der Waals surface area contributed by atoms with Crippen molar-refractivity contribution in [1.29, 1.82) is 0 Å². The van der Waals surface area contributed by atoms with Gasteiger partial charge in [-0.15, -0.1) is 0 Å². The van der Waals surface area contributed by atoms with Crippen molar-refractivity contribution < 1.29 is 27.6 Å². The van der Waals surface area contributed by atoms with E-state index in [9.17, 15) is 18.0 Å². The summed E-state index contributed by atoms with van der Waals surface area (Å²) in [5, 5.41) is 0. The second kappa shape index (κ2) is 7.03. The third-order valence-electron chi connectivity index (χ3n) is 2.91. The fraction of sp³-hybridized carbons (Fsp3) is 0.529. The first-order chi connectivity index (χ1) is 11.2. The first-order valence-electron chi connectivity index (χ1n) is 7.72. The molecule has 0 fully saturated rings. The number of ether oxygens (including phenoxy) is 1. The second-order valence-electron chi connectivity index (χ2n) is 7.61. The minimum absolute atomic E-state index is 0.0220. The molecule has 7 nitrogen and oxygen atoms in total. The summed E-state index contributed by atoms with van der Waals surface area (Å²) in [7, 11) is -4.44. The number of aryl methyl sites for hydroxylation is 1. The summed E-state index contributed by atoms with van der Waals surface area (Å²) in [5.74, 6) is -0.879. The Morgan fingerprint density at radius 1 is 1.00 bits per heavy atom. The van der Waals surface area contributed by atoms with Crippen LogP contribution in [0.5, 0.6) is 0 Å². The van der Waals surface area contributed by atoms with Crippen LogP contribution in [0.25, 0.3) is 0 Å². The van der Waals surface area contributed by atoms with Crippen molar-refractivity contribution in [3.8, 4) is 0 Å². The van der Waals surface area contributed by atoms with Crippen molar-refractivity contribution in [1.82, 2.24) is 4.47 Å². The molecule has 0 aliphatic heterocycles. The molecule has 140 valence electrons. The fourth-order valence-corrected chi connectivity index (χ4v) is 2.93. The number of rotatable bonds is 2. The van der Waals surface area contributed by atoms with Crippen LogP contribution < -0.4 is 0 Å². The van der Waals surface area contributed by atoms with Gasteiger partial charge in [0.2, 0.25) is 0 Å². The lowest BCUT2D eigenvalue weighted by Crippen LogP contribution is -2.44. The lowest BCUT2D eigenvalue weighted by Gasteiger charge is -2.27. The van der Waals surface area contributed by atoms with Crippen molar-refractivity contribution in [3.63, 3.8) is 0 Å². The number of benzene rings is 1. The van der Waals surface area contributed by atoms with Crippen LogP contribution in [0.1, 0.15) is 47.1 Å². The molecule has 8 heteroatoms. The van der Waals surface area contributed by atoms with Crippen LogP contribution in [0, 0.1) is 12.3 Å². The molecule has 0 aliphatic carbocycles. The smallest absolute Gasteiger partial charge is 0.441 e. The van der Waals surface area contributed by atoms with Gasteiger partial charge in [0.1, 0.15) is 5.60 Å². The molecule has 25 heavy (non-hydrogen) atoms. The van der Waals surface area contributed by atoms with Gasteiger partial charge in [0.05, 0.1) is 10.3 Å². The molecular formula is C17H25NO6S. The van der Waals surface area contributed by atoms with Gasteiger partial charge >= 0.3 is 22.1 Å². The van der Waals surface area contributed by atoms with Gasteiger partial charge in [-0.2, -0.15) is 8.42 Å². The molecule has 1 rings (SSSR count). The molecule has 0 atom stereocenters. The molecular weight excluding hydrogens is 346 g/mol. The van der Waals surface area contributed by atoms with Gasteiger partial charge in [-0.05, 0) is 64.6 Å². The Kier molecular flexibility index (Phi) is 5.89. The second-order valence-corrected chi connectivity index (χ2v) is 9.33. The molecule has 0 aromatic heterocycles. The highest BCUT2D eigenvalue weighted by Gasteiger charge is 2.40. The van der Waals surface area contributed by atoms with Gasteiger partial charge in [0.25, 0.3) is 0 Å². The summed E-state index contributed by atoms with van der Waals surface area (Å²) in [4.78, 5) is 29.4. The number of carbonyl (C=O) groups is 2. The van der Waals surface area contributed by atoms with Crippen LogP contribution in [0.15, 0.2) is 29.2 Å². The monoisotopic (exact) mass is 371 g/mol. The van der Waals surface area contributed by atoms with E-state index in [1.165, 1.54) is 12.1 Å². The number of amides is 1. The van der Waals surface area contributed by atoms with E-state index >= 15 is 0 Å². The molecule has 0 aliphatic rings. The van der Waals surface area contributed by atoms with Gasteiger partial charge in [-0.25, -0.2) is 9.59 Å². The zero-order chi connectivity index (χ0) is 19.6. The minimum atomic E-state index is -4.44. The van der Waals surface area contributed by atoms with E-state index in [4.69, 9.17) is 9.57 Å². The number of hydrogen-bond acceptors (Lipinski definition) is 6. The highest BCUT2D eigenvalue weighted by Crippen LogP contribution is 2.25. The molecule has 0 spiro atoms. The maximum Gasteiger partial charge on any atom is 0.459 e.